The normalized spacial score (nSPS) is 19.8. The first kappa shape index (κ1) is 12.1. The average molecular weight is 282 g/mol. The first-order valence-electron chi connectivity index (χ1n) is 6.09. The van der Waals surface area contributed by atoms with Crippen molar-refractivity contribution in [3.05, 3.63) is 33.3 Å². The molecule has 1 nitrogen and oxygen atoms in total. The molecule has 0 saturated heterocycles. The molecule has 0 aromatic heterocycles. The van der Waals surface area contributed by atoms with Gasteiger partial charge in [-0.15, -0.1) is 0 Å². The Bertz CT molecular complexity index is 392. The maximum atomic E-state index is 6.60. The summed E-state index contributed by atoms with van der Waals surface area (Å²) in [6.07, 6.45) is 6.13. The topological polar surface area (TPSA) is 26.0 Å². The molecule has 2 heteroatoms. The average Bonchev–Trinajstić information content (AvgIpc) is 2.24. The van der Waals surface area contributed by atoms with E-state index in [1.165, 1.54) is 40.4 Å². The molecule has 16 heavy (non-hydrogen) atoms. The molecule has 0 amide bonds. The molecule has 0 bridgehead atoms. The fourth-order valence-corrected chi connectivity index (χ4v) is 3.36. The van der Waals surface area contributed by atoms with Gasteiger partial charge in [-0.3, -0.25) is 0 Å². The first-order chi connectivity index (χ1) is 7.53. The summed E-state index contributed by atoms with van der Waals surface area (Å²) in [6.45, 7) is 4.31. The molecule has 0 aliphatic heterocycles. The van der Waals surface area contributed by atoms with Crippen LogP contribution in [-0.4, -0.2) is 0 Å². The SMILES string of the molecule is Cc1cc(Br)c(C)c(C2(N)CCCCC2)c1. The van der Waals surface area contributed by atoms with Crippen LogP contribution in [0.2, 0.25) is 0 Å². The molecule has 1 aliphatic carbocycles. The van der Waals surface area contributed by atoms with Gasteiger partial charge in [0.25, 0.3) is 0 Å². The summed E-state index contributed by atoms with van der Waals surface area (Å²) in [5.74, 6) is 0. The van der Waals surface area contributed by atoms with Crippen molar-refractivity contribution in [1.29, 1.82) is 0 Å². The van der Waals surface area contributed by atoms with Crippen LogP contribution in [0, 0.1) is 13.8 Å². The molecule has 1 aliphatic rings. The number of rotatable bonds is 1. The lowest BCUT2D eigenvalue weighted by Gasteiger charge is -2.35. The van der Waals surface area contributed by atoms with Gasteiger partial charge in [0.2, 0.25) is 0 Å². The van der Waals surface area contributed by atoms with Crippen LogP contribution in [0.25, 0.3) is 0 Å². The van der Waals surface area contributed by atoms with E-state index in [0.29, 0.717) is 0 Å². The van der Waals surface area contributed by atoms with Crippen molar-refractivity contribution in [2.75, 3.05) is 0 Å². The van der Waals surface area contributed by atoms with E-state index in [0.717, 1.165) is 12.8 Å². The lowest BCUT2D eigenvalue weighted by Crippen LogP contribution is -2.39. The van der Waals surface area contributed by atoms with Crippen LogP contribution in [0.4, 0.5) is 0 Å². The lowest BCUT2D eigenvalue weighted by atomic mass is 9.75. The standard InChI is InChI=1S/C14H20BrN/c1-10-8-12(11(2)13(15)9-10)14(16)6-4-3-5-7-14/h8-9H,3-7,16H2,1-2H3. The summed E-state index contributed by atoms with van der Waals surface area (Å²) < 4.78 is 1.19. The highest BCUT2D eigenvalue weighted by Gasteiger charge is 2.31. The second kappa shape index (κ2) is 4.50. The van der Waals surface area contributed by atoms with Crippen LogP contribution < -0.4 is 5.73 Å². The molecule has 1 aromatic rings. The van der Waals surface area contributed by atoms with E-state index < -0.39 is 0 Å². The van der Waals surface area contributed by atoms with Crippen LogP contribution in [0.5, 0.6) is 0 Å². The Balaban J connectivity index is 2.45. The maximum Gasteiger partial charge on any atom is 0.0412 e. The maximum absolute atomic E-state index is 6.60. The Kier molecular flexibility index (Phi) is 3.41. The fraction of sp³-hybridized carbons (Fsp3) is 0.571. The number of benzene rings is 1. The highest BCUT2D eigenvalue weighted by Crippen LogP contribution is 2.38. The minimum Gasteiger partial charge on any atom is -0.321 e. The van der Waals surface area contributed by atoms with Crippen molar-refractivity contribution in [3.8, 4) is 0 Å². The van der Waals surface area contributed by atoms with Crippen molar-refractivity contribution < 1.29 is 0 Å². The summed E-state index contributed by atoms with van der Waals surface area (Å²) >= 11 is 3.63. The van der Waals surface area contributed by atoms with E-state index in [2.05, 4.69) is 41.9 Å². The van der Waals surface area contributed by atoms with Crippen LogP contribution >= 0.6 is 15.9 Å². The monoisotopic (exact) mass is 281 g/mol. The van der Waals surface area contributed by atoms with E-state index in [-0.39, 0.29) is 5.54 Å². The third-order valence-corrected chi connectivity index (χ3v) is 4.59. The van der Waals surface area contributed by atoms with Crippen LogP contribution in [0.15, 0.2) is 16.6 Å². The summed E-state index contributed by atoms with van der Waals surface area (Å²) in [4.78, 5) is 0. The minimum absolute atomic E-state index is 0.0864. The molecule has 88 valence electrons. The van der Waals surface area contributed by atoms with Gasteiger partial charge in [0.15, 0.2) is 0 Å². The van der Waals surface area contributed by atoms with Crippen LogP contribution in [0.3, 0.4) is 0 Å². The number of aryl methyl sites for hydroxylation is 1. The van der Waals surface area contributed by atoms with Gasteiger partial charge in [0.1, 0.15) is 0 Å². The lowest BCUT2D eigenvalue weighted by molar-refractivity contribution is 0.301. The van der Waals surface area contributed by atoms with E-state index in [4.69, 9.17) is 5.73 Å². The van der Waals surface area contributed by atoms with Crippen molar-refractivity contribution >= 4 is 15.9 Å². The zero-order chi connectivity index (χ0) is 11.8. The van der Waals surface area contributed by atoms with Crippen molar-refractivity contribution in [2.45, 2.75) is 51.5 Å². The Morgan fingerprint density at radius 1 is 1.12 bits per heavy atom. The zero-order valence-electron chi connectivity index (χ0n) is 10.1. The summed E-state index contributed by atoms with van der Waals surface area (Å²) in [7, 11) is 0. The fourth-order valence-electron chi connectivity index (χ4n) is 2.78. The van der Waals surface area contributed by atoms with Crippen molar-refractivity contribution in [1.82, 2.24) is 0 Å². The second-order valence-corrected chi connectivity index (χ2v) is 5.99. The molecular formula is C14H20BrN. The van der Waals surface area contributed by atoms with E-state index >= 15 is 0 Å². The molecule has 1 saturated carbocycles. The molecular weight excluding hydrogens is 262 g/mol. The molecule has 0 radical (unpaired) electrons. The molecule has 1 fully saturated rings. The first-order valence-corrected chi connectivity index (χ1v) is 6.88. The van der Waals surface area contributed by atoms with Crippen molar-refractivity contribution in [2.24, 2.45) is 5.73 Å². The molecule has 2 N–H and O–H groups in total. The van der Waals surface area contributed by atoms with Gasteiger partial charge in [-0.2, -0.15) is 0 Å². The Morgan fingerprint density at radius 3 is 2.38 bits per heavy atom. The van der Waals surface area contributed by atoms with Gasteiger partial charge >= 0.3 is 0 Å². The summed E-state index contributed by atoms with van der Waals surface area (Å²) in [5.41, 5.74) is 10.5. The van der Waals surface area contributed by atoms with Gasteiger partial charge in [0.05, 0.1) is 0 Å². The molecule has 0 heterocycles. The van der Waals surface area contributed by atoms with Gasteiger partial charge in [-0.25, -0.2) is 0 Å². The third kappa shape index (κ3) is 2.18. The van der Waals surface area contributed by atoms with Crippen LogP contribution in [-0.2, 0) is 5.54 Å². The third-order valence-electron chi connectivity index (χ3n) is 3.77. The summed E-state index contributed by atoms with van der Waals surface area (Å²) in [6, 6.07) is 4.44. The van der Waals surface area contributed by atoms with Gasteiger partial charge in [-0.1, -0.05) is 41.3 Å². The van der Waals surface area contributed by atoms with E-state index in [1.54, 1.807) is 0 Å². The van der Waals surface area contributed by atoms with Crippen LogP contribution in [0.1, 0.15) is 48.8 Å². The number of nitrogens with two attached hydrogens (primary N) is 1. The Hall–Kier alpha value is -0.340. The molecule has 0 unspecified atom stereocenters. The minimum atomic E-state index is -0.0864. The highest BCUT2D eigenvalue weighted by atomic mass is 79.9. The molecule has 0 spiro atoms. The molecule has 1 aromatic carbocycles. The van der Waals surface area contributed by atoms with E-state index in [9.17, 15) is 0 Å². The number of halogens is 1. The highest BCUT2D eigenvalue weighted by molar-refractivity contribution is 9.10. The predicted molar refractivity (Wildman–Crippen MR) is 72.6 cm³/mol. The summed E-state index contributed by atoms with van der Waals surface area (Å²) in [5, 5.41) is 0. The molecule has 2 rings (SSSR count). The predicted octanol–water partition coefficient (Wildman–Crippen LogP) is 4.18. The molecule has 0 atom stereocenters. The number of hydrogen-bond acceptors (Lipinski definition) is 1. The zero-order valence-corrected chi connectivity index (χ0v) is 11.7. The van der Waals surface area contributed by atoms with Gasteiger partial charge in [-0.05, 0) is 49.4 Å². The largest absolute Gasteiger partial charge is 0.321 e. The van der Waals surface area contributed by atoms with E-state index in [1.807, 2.05) is 0 Å². The second-order valence-electron chi connectivity index (χ2n) is 5.14. The Morgan fingerprint density at radius 2 is 1.75 bits per heavy atom. The van der Waals surface area contributed by atoms with Crippen molar-refractivity contribution in [3.63, 3.8) is 0 Å². The quantitative estimate of drug-likeness (QED) is 0.821. The van der Waals surface area contributed by atoms with Gasteiger partial charge in [0, 0.05) is 10.0 Å². The Labute approximate surface area is 107 Å². The number of hydrogen-bond donors (Lipinski definition) is 1. The smallest absolute Gasteiger partial charge is 0.0412 e. The van der Waals surface area contributed by atoms with Gasteiger partial charge < -0.3 is 5.73 Å².